The Bertz CT molecular complexity index is 2500. The number of nitrogens with one attached hydrogen (secondary N) is 4. The van der Waals surface area contributed by atoms with Gasteiger partial charge in [0, 0.05) is 63.7 Å². The van der Waals surface area contributed by atoms with E-state index in [1.54, 1.807) is 71.2 Å². The highest BCUT2D eigenvalue weighted by molar-refractivity contribution is 7.98. The lowest BCUT2D eigenvalue weighted by Gasteiger charge is -2.42. The molecule has 21 nitrogen and oxygen atoms in total. The fourth-order valence-corrected chi connectivity index (χ4v) is 10.2. The Morgan fingerprint density at radius 2 is 1.79 bits per heavy atom. The fraction of sp³-hybridized carbons (Fsp3) is 0.566. The molecule has 0 aliphatic carbocycles. The summed E-state index contributed by atoms with van der Waals surface area (Å²) in [7, 11) is 5.95. The molecule has 2 fully saturated rings. The number of esters is 1. The Morgan fingerprint density at radius 1 is 1.09 bits per heavy atom. The Kier molecular flexibility index (Phi) is 21.6. The van der Waals surface area contributed by atoms with Crippen LogP contribution in [0, 0.1) is 11.8 Å². The first-order valence-corrected chi connectivity index (χ1v) is 26.8. The number of hydrogen-bond donors (Lipinski definition) is 7. The first-order valence-electron chi connectivity index (χ1n) is 25.2. The third kappa shape index (κ3) is 15.8. The minimum Gasteiger partial charge on any atom is -0.495 e. The van der Waals surface area contributed by atoms with Gasteiger partial charge in [-0.05, 0) is 81.3 Å². The maximum absolute atomic E-state index is 14.4. The third-order valence-electron chi connectivity index (χ3n) is 14.1. The average Bonchev–Trinajstić information content (AvgIpc) is 4.07. The van der Waals surface area contributed by atoms with Gasteiger partial charge in [-0.25, -0.2) is 14.4 Å². The van der Waals surface area contributed by atoms with Gasteiger partial charge in [0.2, 0.25) is 23.6 Å². The van der Waals surface area contributed by atoms with E-state index < -0.39 is 95.6 Å². The van der Waals surface area contributed by atoms with Crippen LogP contribution in [-0.2, 0) is 55.1 Å². The number of urea groups is 1. The minimum atomic E-state index is -1.87. The number of epoxide rings is 1. The van der Waals surface area contributed by atoms with E-state index in [1.165, 1.54) is 49.8 Å². The Balaban J connectivity index is 1.25. The number of likely N-dealkylation sites (N-methyl/N-ethyl adjacent to an activating group) is 1. The van der Waals surface area contributed by atoms with Crippen LogP contribution in [0.1, 0.15) is 84.8 Å². The van der Waals surface area contributed by atoms with E-state index in [4.69, 9.17) is 46.8 Å². The average molecular weight is 1100 g/mol. The van der Waals surface area contributed by atoms with E-state index in [0.29, 0.717) is 41.5 Å². The number of aliphatic hydroxyl groups is 1. The van der Waals surface area contributed by atoms with Crippen molar-refractivity contribution >= 4 is 76.5 Å². The van der Waals surface area contributed by atoms with E-state index in [9.17, 15) is 38.7 Å². The molecule has 4 bridgehead atoms. The zero-order valence-electron chi connectivity index (χ0n) is 44.9. The van der Waals surface area contributed by atoms with Crippen molar-refractivity contribution in [2.45, 2.75) is 140 Å². The summed E-state index contributed by atoms with van der Waals surface area (Å²) in [6, 6.07) is 7.16. The third-order valence-corrected chi connectivity index (χ3v) is 15.5. The van der Waals surface area contributed by atoms with Gasteiger partial charge in [-0.15, -0.1) is 0 Å². The van der Waals surface area contributed by atoms with Crippen LogP contribution in [0.2, 0.25) is 5.02 Å². The molecule has 5 rings (SSSR count). The molecule has 9 N–H and O–H groups in total. The predicted molar refractivity (Wildman–Crippen MR) is 288 cm³/mol. The molecule has 2 saturated heterocycles. The second kappa shape index (κ2) is 26.9. The minimum absolute atomic E-state index is 0.0855. The van der Waals surface area contributed by atoms with Crippen molar-refractivity contribution in [3.63, 3.8) is 0 Å². The van der Waals surface area contributed by atoms with Crippen LogP contribution in [0.25, 0.3) is 0 Å². The summed E-state index contributed by atoms with van der Waals surface area (Å²) in [4.78, 5) is 94.9. The van der Waals surface area contributed by atoms with E-state index >= 15 is 0 Å². The van der Waals surface area contributed by atoms with Crippen LogP contribution >= 0.6 is 23.4 Å². The van der Waals surface area contributed by atoms with Crippen molar-refractivity contribution in [3.8, 4) is 5.75 Å². The summed E-state index contributed by atoms with van der Waals surface area (Å²) in [5.41, 5.74) is 11.5. The van der Waals surface area contributed by atoms with Crippen molar-refractivity contribution < 1.29 is 62.4 Å². The van der Waals surface area contributed by atoms with Gasteiger partial charge in [-0.3, -0.25) is 24.5 Å². The molecule has 3 aliphatic rings. The molecule has 418 valence electrons. The molecule has 23 heteroatoms. The number of methoxy groups -OCH3 is 2. The predicted octanol–water partition coefficient (Wildman–Crippen LogP) is 4.69. The highest BCUT2D eigenvalue weighted by Gasteiger charge is 2.64. The zero-order chi connectivity index (χ0) is 56.2. The molecule has 0 aromatic heterocycles. The van der Waals surface area contributed by atoms with Crippen LogP contribution in [0.5, 0.6) is 5.75 Å². The van der Waals surface area contributed by atoms with Gasteiger partial charge in [0.15, 0.2) is 5.72 Å². The molecule has 3 heterocycles. The van der Waals surface area contributed by atoms with Gasteiger partial charge in [-0.2, -0.15) is 11.8 Å². The van der Waals surface area contributed by atoms with Crippen molar-refractivity contribution in [2.75, 3.05) is 50.8 Å². The van der Waals surface area contributed by atoms with Gasteiger partial charge in [0.05, 0.1) is 31.4 Å². The molecular weight excluding hydrogens is 1020 g/mol. The lowest BCUT2D eigenvalue weighted by Crippen LogP contribution is -2.63. The number of rotatable bonds is 19. The Hall–Kier alpha value is -5.91. The van der Waals surface area contributed by atoms with Crippen molar-refractivity contribution in [3.05, 3.63) is 76.3 Å². The standard InChI is InChI=1S/C53H75ClN8O13S/c1-29(2)45(55)48(66)59-36(14-12-21-57-50(56)68)47(65)58-35-18-16-33(17-19-35)28-76-22-20-42(63)61(7)32(5)49(67)74-41-26-43(64)62(8)37-24-34(25-38(71-9)44(37)54)23-30(3)13-11-15-40(72-10)53(70)27-39(73-51(69)60-53)31(4)46-52(41,6)75-46/h11,13,15-19,24-25,29,31-32,36,39-41,45-46,70H,12,14,20-23,26-28,55H2,1-10H3,(H,58,65)(H,59,66)(H,60,69)(H3,56,57,68)/b15-11+,30-13+/t31-,32+,36+,39+,40-,41+,45+,46+,52+,53+/m1/s1. The summed E-state index contributed by atoms with van der Waals surface area (Å²) in [5, 5.41) is 22.6. The van der Waals surface area contributed by atoms with Crippen molar-refractivity contribution in [2.24, 2.45) is 23.3 Å². The topological polar surface area (TPSA) is 296 Å². The van der Waals surface area contributed by atoms with Gasteiger partial charge in [0.1, 0.15) is 46.8 Å². The van der Waals surface area contributed by atoms with Gasteiger partial charge < -0.3 is 66.0 Å². The SMILES string of the molecule is COc1cc2cc(c1Cl)N(C)C(=O)C[C@H](OC(=O)[C@H](C)N(C)C(=O)CCSCc1ccc(NC(=O)[C@H](CCCNC(N)=O)NC(=O)[C@@H](N)C(C)C)cc1)[C@]1(C)O[C@H]1[C@H](C)[C@@H]1C[C@@](O)(NC(=O)O1)[C@H](OC)/C=C/C=C(\C)C2. The number of nitrogens with zero attached hydrogens (tertiary/aromatic N) is 2. The number of thioether (sulfide) groups is 1. The van der Waals surface area contributed by atoms with Gasteiger partial charge >= 0.3 is 18.1 Å². The quantitative estimate of drug-likeness (QED) is 0.0570. The number of halogens is 1. The van der Waals surface area contributed by atoms with Gasteiger partial charge in [-0.1, -0.05) is 68.3 Å². The first-order chi connectivity index (χ1) is 35.8. The summed E-state index contributed by atoms with van der Waals surface area (Å²) in [6.07, 6.45) is 1.19. The van der Waals surface area contributed by atoms with Crippen molar-refractivity contribution in [1.82, 2.24) is 20.9 Å². The normalized spacial score (nSPS) is 25.9. The molecule has 0 saturated carbocycles. The van der Waals surface area contributed by atoms with E-state index in [-0.39, 0.29) is 49.1 Å². The maximum atomic E-state index is 14.4. The smallest absolute Gasteiger partial charge is 0.409 e. The first kappa shape index (κ1) is 60.9. The Labute approximate surface area is 453 Å². The second-order valence-electron chi connectivity index (χ2n) is 20.2. The molecule has 2 aromatic carbocycles. The summed E-state index contributed by atoms with van der Waals surface area (Å²) < 4.78 is 29.5. The molecule has 7 amide bonds. The number of alkyl carbamates (subject to hydrolysis) is 1. The number of carbonyl (C=O) groups excluding carboxylic acids is 7. The number of benzene rings is 2. The molecule has 10 atom stereocenters. The number of anilines is 2. The van der Waals surface area contributed by atoms with Crippen LogP contribution in [0.15, 0.2) is 60.2 Å². The number of amides is 7. The number of fused-ring (bicyclic) bond motifs is 5. The summed E-state index contributed by atoms with van der Waals surface area (Å²) in [6.45, 7) is 10.7. The van der Waals surface area contributed by atoms with Crippen LogP contribution in [0.4, 0.5) is 21.0 Å². The van der Waals surface area contributed by atoms with Crippen LogP contribution < -0.4 is 42.4 Å². The maximum Gasteiger partial charge on any atom is 0.409 e. The number of carbonyl (C=O) groups is 7. The molecule has 0 unspecified atom stereocenters. The monoisotopic (exact) mass is 1100 g/mol. The van der Waals surface area contributed by atoms with Crippen LogP contribution in [-0.4, -0.2) is 146 Å². The number of hydrogen-bond acceptors (Lipinski definition) is 15. The molecule has 0 spiro atoms. The lowest BCUT2D eigenvalue weighted by atomic mass is 9.83. The fourth-order valence-electron chi connectivity index (χ4n) is 9.01. The highest BCUT2D eigenvalue weighted by atomic mass is 35.5. The van der Waals surface area contributed by atoms with Gasteiger partial charge in [0.25, 0.3) is 0 Å². The number of nitrogens with two attached hydrogens (primary N) is 2. The summed E-state index contributed by atoms with van der Waals surface area (Å²) in [5.74, 6) is -1.97. The number of primary amides is 1. The van der Waals surface area contributed by atoms with E-state index in [1.807, 2.05) is 25.1 Å². The zero-order valence-corrected chi connectivity index (χ0v) is 46.5. The molecule has 2 aromatic rings. The lowest BCUT2D eigenvalue weighted by molar-refractivity contribution is -0.162. The van der Waals surface area contributed by atoms with Crippen LogP contribution in [0.3, 0.4) is 0 Å². The molecular formula is C53H75ClN8O13S. The van der Waals surface area contributed by atoms with E-state index in [0.717, 1.165) is 16.7 Å². The van der Waals surface area contributed by atoms with E-state index in [2.05, 4.69) is 21.3 Å². The number of ether oxygens (including phenoxy) is 5. The highest BCUT2D eigenvalue weighted by Crippen LogP contribution is 2.49. The second-order valence-corrected chi connectivity index (χ2v) is 21.6. The van der Waals surface area contributed by atoms with Crippen molar-refractivity contribution in [1.29, 1.82) is 0 Å². The summed E-state index contributed by atoms with van der Waals surface area (Å²) >= 11 is 8.32. The molecule has 0 radical (unpaired) electrons. The molecule has 3 aliphatic heterocycles. The number of allylic oxidation sites excluding steroid dienone is 3. The largest absolute Gasteiger partial charge is 0.495 e. The Morgan fingerprint density at radius 3 is 2.43 bits per heavy atom. The molecule has 76 heavy (non-hydrogen) atoms.